The highest BCUT2D eigenvalue weighted by atomic mass is 35.5. The van der Waals surface area contributed by atoms with Gasteiger partial charge in [0.15, 0.2) is 11.2 Å². The smallest absolute Gasteiger partial charge is 0.256 e. The van der Waals surface area contributed by atoms with Gasteiger partial charge >= 0.3 is 0 Å². The van der Waals surface area contributed by atoms with Crippen LogP contribution in [0.15, 0.2) is 30.6 Å². The highest BCUT2D eigenvalue weighted by molar-refractivity contribution is 5.78. The fourth-order valence-electron chi connectivity index (χ4n) is 2.59. The van der Waals surface area contributed by atoms with Gasteiger partial charge in [-0.25, -0.2) is 9.97 Å². The Kier molecular flexibility index (Phi) is 5.52. The molecule has 122 valence electrons. The largest absolute Gasteiger partial charge is 1.00 e. The molecule has 0 spiro atoms. The molecule has 1 aromatic carbocycles. The van der Waals surface area contributed by atoms with Crippen molar-refractivity contribution in [1.29, 1.82) is 0 Å². The van der Waals surface area contributed by atoms with Crippen LogP contribution < -0.4 is 22.5 Å². The summed E-state index contributed by atoms with van der Waals surface area (Å²) in [7, 11) is 3.67. The van der Waals surface area contributed by atoms with Crippen molar-refractivity contribution in [2.45, 2.75) is 19.9 Å². The van der Waals surface area contributed by atoms with Gasteiger partial charge in [0.05, 0.1) is 20.5 Å². The fraction of sp³-hybridized carbons (Fsp3) is 0.312. The number of aryl methyl sites for hydroxylation is 3. The Balaban J connectivity index is 0.00000192. The molecule has 0 saturated carbocycles. The average molecular weight is 334 g/mol. The van der Waals surface area contributed by atoms with Crippen molar-refractivity contribution in [3.63, 3.8) is 0 Å². The Morgan fingerprint density at radius 2 is 2.00 bits per heavy atom. The molecule has 0 bridgehead atoms. The van der Waals surface area contributed by atoms with E-state index in [9.17, 15) is 0 Å². The molecule has 6 nitrogen and oxygen atoms in total. The molecule has 0 aliphatic heterocycles. The molecule has 3 rings (SSSR count). The number of hydrogen-bond acceptors (Lipinski definition) is 4. The summed E-state index contributed by atoms with van der Waals surface area (Å²) in [5.41, 5.74) is 2.92. The number of rotatable bonds is 5. The van der Waals surface area contributed by atoms with E-state index in [-0.39, 0.29) is 12.4 Å². The lowest BCUT2D eigenvalue weighted by molar-refractivity contribution is -0.541. The standard InChI is InChI=1S/C16H19N5O.ClH/c1-11-19-15(17-2)14-16(20-11)21(10-18-14)9-8-12-6-4-5-7-13(12)22-3;/h4-7,10H,8-9H2,1-3H3,(H,17,19,20);1H. The van der Waals surface area contributed by atoms with Crippen molar-refractivity contribution in [2.24, 2.45) is 0 Å². The maximum absolute atomic E-state index is 5.40. The third-order valence-electron chi connectivity index (χ3n) is 3.69. The maximum atomic E-state index is 5.40. The highest BCUT2D eigenvalue weighted by Crippen LogP contribution is 2.20. The molecule has 0 radical (unpaired) electrons. The van der Waals surface area contributed by atoms with Gasteiger partial charge in [-0.05, 0) is 25.0 Å². The SMILES string of the molecule is C[NH2+]c1nc(C)nc2c1ncn2CCc1ccccc1OC.[Cl-]. The second-order valence-corrected chi connectivity index (χ2v) is 5.12. The van der Waals surface area contributed by atoms with Gasteiger partial charge in [0.2, 0.25) is 0 Å². The third-order valence-corrected chi connectivity index (χ3v) is 3.69. The number of ether oxygens (including phenoxy) is 1. The van der Waals surface area contributed by atoms with Crippen molar-refractivity contribution in [3.05, 3.63) is 42.0 Å². The minimum absolute atomic E-state index is 0. The Hall–Kier alpha value is -2.18. The molecular formula is C16H20ClN5O. The van der Waals surface area contributed by atoms with Gasteiger partial charge in [0.1, 0.15) is 11.6 Å². The number of benzene rings is 1. The quantitative estimate of drug-likeness (QED) is 0.599. The van der Waals surface area contributed by atoms with Crippen LogP contribution in [0.3, 0.4) is 0 Å². The van der Waals surface area contributed by atoms with Crippen LogP contribution in [-0.2, 0) is 13.0 Å². The zero-order valence-electron chi connectivity index (χ0n) is 13.5. The first kappa shape index (κ1) is 17.2. The molecule has 0 atom stereocenters. The predicted molar refractivity (Wildman–Crippen MR) is 84.3 cm³/mol. The molecule has 0 aliphatic carbocycles. The van der Waals surface area contributed by atoms with Gasteiger partial charge in [-0.2, -0.15) is 4.98 Å². The van der Waals surface area contributed by atoms with E-state index in [1.54, 1.807) is 7.11 Å². The van der Waals surface area contributed by atoms with Gasteiger partial charge in [-0.3, -0.25) is 5.32 Å². The van der Waals surface area contributed by atoms with E-state index in [0.717, 1.165) is 41.5 Å². The average Bonchev–Trinajstić information content (AvgIpc) is 2.95. The fourth-order valence-corrected chi connectivity index (χ4v) is 2.59. The summed E-state index contributed by atoms with van der Waals surface area (Å²) >= 11 is 0. The van der Waals surface area contributed by atoms with E-state index in [1.807, 2.05) is 43.8 Å². The Labute approximate surface area is 141 Å². The van der Waals surface area contributed by atoms with Gasteiger partial charge < -0.3 is 21.7 Å². The Bertz CT molecular complexity index is 802. The molecule has 23 heavy (non-hydrogen) atoms. The summed E-state index contributed by atoms with van der Waals surface area (Å²) in [4.78, 5) is 13.4. The van der Waals surface area contributed by atoms with Crippen LogP contribution in [0, 0.1) is 6.92 Å². The molecule has 0 unspecified atom stereocenters. The summed E-state index contributed by atoms with van der Waals surface area (Å²) in [6.07, 6.45) is 2.70. The van der Waals surface area contributed by atoms with Crippen molar-refractivity contribution < 1.29 is 22.5 Å². The van der Waals surface area contributed by atoms with Crippen LogP contribution >= 0.6 is 0 Å². The molecule has 0 saturated heterocycles. The normalized spacial score (nSPS) is 10.6. The lowest BCUT2D eigenvalue weighted by atomic mass is 10.1. The van der Waals surface area contributed by atoms with Gasteiger partial charge in [0.25, 0.3) is 5.82 Å². The van der Waals surface area contributed by atoms with Crippen LogP contribution in [0.1, 0.15) is 11.4 Å². The molecule has 7 heteroatoms. The van der Waals surface area contributed by atoms with Crippen molar-refractivity contribution in [2.75, 3.05) is 14.2 Å². The molecule has 2 aromatic heterocycles. The minimum Gasteiger partial charge on any atom is -1.00 e. The molecule has 2 N–H and O–H groups in total. The molecule has 0 aliphatic rings. The van der Waals surface area contributed by atoms with Crippen LogP contribution in [-0.4, -0.2) is 33.7 Å². The molecule has 0 amide bonds. The summed E-state index contributed by atoms with van der Waals surface area (Å²) in [6.45, 7) is 2.71. The Morgan fingerprint density at radius 3 is 2.74 bits per heavy atom. The maximum Gasteiger partial charge on any atom is 0.256 e. The van der Waals surface area contributed by atoms with E-state index < -0.39 is 0 Å². The summed E-state index contributed by atoms with van der Waals surface area (Å²) in [5, 5.41) is 1.97. The third kappa shape index (κ3) is 3.43. The molecule has 2 heterocycles. The monoisotopic (exact) mass is 333 g/mol. The summed E-state index contributed by atoms with van der Waals surface area (Å²) in [6, 6.07) is 8.08. The van der Waals surface area contributed by atoms with Crippen LogP contribution in [0.4, 0.5) is 5.82 Å². The zero-order valence-corrected chi connectivity index (χ0v) is 14.2. The predicted octanol–water partition coefficient (Wildman–Crippen LogP) is -1.79. The van der Waals surface area contributed by atoms with Crippen LogP contribution in [0.5, 0.6) is 5.75 Å². The highest BCUT2D eigenvalue weighted by Gasteiger charge is 2.13. The van der Waals surface area contributed by atoms with E-state index in [0.29, 0.717) is 0 Å². The number of fused-ring (bicyclic) bond motifs is 1. The van der Waals surface area contributed by atoms with Crippen LogP contribution in [0.25, 0.3) is 11.2 Å². The second kappa shape index (κ2) is 7.39. The topological polar surface area (TPSA) is 69.4 Å². The summed E-state index contributed by atoms with van der Waals surface area (Å²) in [5.74, 6) is 2.57. The first-order valence-corrected chi connectivity index (χ1v) is 7.33. The number of halogens is 1. The van der Waals surface area contributed by atoms with E-state index in [1.165, 1.54) is 5.56 Å². The second-order valence-electron chi connectivity index (χ2n) is 5.12. The molecule has 0 fully saturated rings. The van der Waals surface area contributed by atoms with Crippen molar-refractivity contribution in [1.82, 2.24) is 19.5 Å². The van der Waals surface area contributed by atoms with Crippen molar-refractivity contribution >= 4 is 17.0 Å². The van der Waals surface area contributed by atoms with E-state index in [4.69, 9.17) is 4.74 Å². The van der Waals surface area contributed by atoms with E-state index >= 15 is 0 Å². The van der Waals surface area contributed by atoms with Gasteiger partial charge in [-0.15, -0.1) is 0 Å². The number of hydrogen-bond donors (Lipinski definition) is 1. The number of methoxy groups -OCH3 is 1. The van der Waals surface area contributed by atoms with E-state index in [2.05, 4.69) is 25.6 Å². The number of imidazole rings is 1. The number of aromatic nitrogens is 4. The van der Waals surface area contributed by atoms with Gasteiger partial charge in [-0.1, -0.05) is 18.2 Å². The van der Waals surface area contributed by atoms with Gasteiger partial charge in [0, 0.05) is 6.54 Å². The number of nitrogens with two attached hydrogens (primary N) is 1. The minimum atomic E-state index is 0. The summed E-state index contributed by atoms with van der Waals surface area (Å²) < 4.78 is 7.48. The number of para-hydroxylation sites is 1. The molecule has 3 aromatic rings. The lowest BCUT2D eigenvalue weighted by Crippen LogP contribution is -3.00. The Morgan fingerprint density at radius 1 is 1.22 bits per heavy atom. The molecular weight excluding hydrogens is 314 g/mol. The lowest BCUT2D eigenvalue weighted by Gasteiger charge is -2.09. The number of quaternary nitrogens is 1. The first-order valence-electron chi connectivity index (χ1n) is 7.33. The first-order chi connectivity index (χ1) is 10.7. The van der Waals surface area contributed by atoms with Crippen LogP contribution in [0.2, 0.25) is 0 Å². The zero-order chi connectivity index (χ0) is 15.5. The number of nitrogens with zero attached hydrogens (tertiary/aromatic N) is 4. The van der Waals surface area contributed by atoms with Crippen molar-refractivity contribution in [3.8, 4) is 5.75 Å².